The van der Waals surface area contributed by atoms with Gasteiger partial charge in [-0.3, -0.25) is 19.6 Å². The van der Waals surface area contributed by atoms with Gasteiger partial charge in [0.25, 0.3) is 0 Å². The van der Waals surface area contributed by atoms with Crippen LogP contribution < -0.4 is 5.32 Å². The quantitative estimate of drug-likeness (QED) is 0.525. The van der Waals surface area contributed by atoms with E-state index in [1.54, 1.807) is 26.0 Å². The van der Waals surface area contributed by atoms with Crippen LogP contribution in [-0.2, 0) is 21.4 Å². The number of hydrogen-bond donors (Lipinski definition) is 1. The number of carbonyl (C=O) groups excluding carboxylic acids is 1. The Morgan fingerprint density at radius 2 is 1.93 bits per heavy atom. The lowest BCUT2D eigenvalue weighted by atomic mass is 10.3. The Morgan fingerprint density at radius 1 is 1.29 bits per heavy atom. The molecule has 0 radical (unpaired) electrons. The predicted octanol–water partition coefficient (Wildman–Crippen LogP) is 2.08. The molecule has 0 fully saturated rings. The minimum absolute atomic E-state index is 0.0794. The first-order valence-corrected chi connectivity index (χ1v) is 10.1. The molecule has 11 heteroatoms. The molecular weight excluding hydrogens is 386 g/mol. The second-order valence-electron chi connectivity index (χ2n) is 6.10. The van der Waals surface area contributed by atoms with Gasteiger partial charge in [-0.05, 0) is 32.0 Å². The number of nitrogens with one attached hydrogen (secondary N) is 1. The zero-order valence-corrected chi connectivity index (χ0v) is 17.0. The summed E-state index contributed by atoms with van der Waals surface area (Å²) in [6.07, 6.45) is 0. The highest BCUT2D eigenvalue weighted by Gasteiger charge is 2.24. The minimum Gasteiger partial charge on any atom is -0.324 e. The van der Waals surface area contributed by atoms with Crippen LogP contribution in [0.25, 0.3) is 0 Å². The smallest absolute Gasteiger partial charge is 0.312 e. The number of nitrogens with zero attached hydrogens (tertiary/aromatic N) is 4. The van der Waals surface area contributed by atoms with Crippen molar-refractivity contribution in [1.29, 1.82) is 0 Å². The molecule has 2 aromatic rings. The van der Waals surface area contributed by atoms with Gasteiger partial charge < -0.3 is 5.32 Å². The summed E-state index contributed by atoms with van der Waals surface area (Å²) in [6, 6.07) is 5.96. The lowest BCUT2D eigenvalue weighted by Gasteiger charge is -2.18. The van der Waals surface area contributed by atoms with Gasteiger partial charge in [-0.1, -0.05) is 19.9 Å². The lowest BCUT2D eigenvalue weighted by molar-refractivity contribution is -0.386. The van der Waals surface area contributed by atoms with E-state index in [0.717, 1.165) is 0 Å². The van der Waals surface area contributed by atoms with Crippen molar-refractivity contribution in [1.82, 2.24) is 14.1 Å². The van der Waals surface area contributed by atoms with Crippen LogP contribution in [0.1, 0.15) is 25.2 Å². The van der Waals surface area contributed by atoms with E-state index in [9.17, 15) is 23.3 Å². The number of nitro groups is 1. The van der Waals surface area contributed by atoms with E-state index < -0.39 is 20.9 Å². The van der Waals surface area contributed by atoms with Crippen molar-refractivity contribution in [3.8, 4) is 0 Å². The Labute approximate surface area is 163 Å². The molecule has 1 aromatic heterocycles. The van der Waals surface area contributed by atoms with Crippen LogP contribution >= 0.6 is 0 Å². The molecule has 0 spiro atoms. The summed E-state index contributed by atoms with van der Waals surface area (Å²) in [5.74, 6) is -0.474. The highest BCUT2D eigenvalue weighted by atomic mass is 32.2. The molecule has 1 aromatic carbocycles. The van der Waals surface area contributed by atoms with Gasteiger partial charge in [-0.2, -0.15) is 9.40 Å². The maximum atomic E-state index is 12.6. The molecule has 0 aliphatic rings. The lowest BCUT2D eigenvalue weighted by Crippen LogP contribution is -2.30. The highest BCUT2D eigenvalue weighted by Crippen LogP contribution is 2.22. The third-order valence-corrected chi connectivity index (χ3v) is 6.33. The molecule has 1 amide bonds. The fourth-order valence-electron chi connectivity index (χ4n) is 2.89. The Kier molecular flexibility index (Phi) is 6.52. The van der Waals surface area contributed by atoms with Gasteiger partial charge in [0.2, 0.25) is 15.9 Å². The molecule has 0 saturated heterocycles. The zero-order valence-electron chi connectivity index (χ0n) is 16.2. The average molecular weight is 409 g/mol. The molecule has 1 N–H and O–H groups in total. The second-order valence-corrected chi connectivity index (χ2v) is 8.04. The molecule has 0 atom stereocenters. The van der Waals surface area contributed by atoms with Gasteiger partial charge in [-0.15, -0.1) is 0 Å². The van der Waals surface area contributed by atoms with Crippen molar-refractivity contribution in [3.05, 3.63) is 45.8 Å². The fourth-order valence-corrected chi connectivity index (χ4v) is 4.39. The number of aromatic nitrogens is 2. The van der Waals surface area contributed by atoms with Gasteiger partial charge >= 0.3 is 5.69 Å². The molecular formula is C17H23N5O5S. The molecule has 152 valence electrons. The standard InChI is InChI=1S/C17H23N5O5S/c1-5-20(6-2)28(26,27)15-9-7-8-14(10-15)18-16(23)11-21-13(4)17(22(24)25)12(3)19-21/h7-10H,5-6,11H2,1-4H3,(H,18,23). The third kappa shape index (κ3) is 4.37. The van der Waals surface area contributed by atoms with Crippen LogP contribution in [0.3, 0.4) is 0 Å². The summed E-state index contributed by atoms with van der Waals surface area (Å²) < 4.78 is 27.8. The van der Waals surface area contributed by atoms with Gasteiger partial charge in [0, 0.05) is 18.8 Å². The number of amides is 1. The van der Waals surface area contributed by atoms with Crippen molar-refractivity contribution >= 4 is 27.3 Å². The maximum absolute atomic E-state index is 12.6. The van der Waals surface area contributed by atoms with E-state index in [0.29, 0.717) is 18.8 Å². The number of hydrogen-bond acceptors (Lipinski definition) is 6. The van der Waals surface area contributed by atoms with E-state index >= 15 is 0 Å². The average Bonchev–Trinajstić information content (AvgIpc) is 2.89. The summed E-state index contributed by atoms with van der Waals surface area (Å²) in [7, 11) is -3.65. The van der Waals surface area contributed by atoms with Crippen molar-refractivity contribution in [3.63, 3.8) is 0 Å². The summed E-state index contributed by atoms with van der Waals surface area (Å²) in [5.41, 5.74) is 0.688. The van der Waals surface area contributed by atoms with Crippen molar-refractivity contribution < 1.29 is 18.1 Å². The Balaban J connectivity index is 2.20. The first-order chi connectivity index (χ1) is 13.1. The van der Waals surface area contributed by atoms with E-state index in [4.69, 9.17) is 0 Å². The summed E-state index contributed by atoms with van der Waals surface area (Å²) in [6.45, 7) is 6.97. The van der Waals surface area contributed by atoms with Gasteiger partial charge in [-0.25, -0.2) is 8.42 Å². The van der Waals surface area contributed by atoms with Crippen LogP contribution in [0.15, 0.2) is 29.2 Å². The van der Waals surface area contributed by atoms with Crippen molar-refractivity contribution in [2.24, 2.45) is 0 Å². The van der Waals surface area contributed by atoms with Crippen LogP contribution in [-0.4, -0.2) is 46.4 Å². The minimum atomic E-state index is -3.65. The molecule has 0 aliphatic carbocycles. The maximum Gasteiger partial charge on any atom is 0.312 e. The number of sulfonamides is 1. The van der Waals surface area contributed by atoms with Crippen LogP contribution in [0.5, 0.6) is 0 Å². The van der Waals surface area contributed by atoms with E-state index in [2.05, 4.69) is 10.4 Å². The van der Waals surface area contributed by atoms with E-state index in [1.807, 2.05) is 0 Å². The number of carbonyl (C=O) groups is 1. The zero-order chi connectivity index (χ0) is 21.1. The number of anilines is 1. The van der Waals surface area contributed by atoms with Crippen LogP contribution in [0.2, 0.25) is 0 Å². The monoisotopic (exact) mass is 409 g/mol. The predicted molar refractivity (Wildman–Crippen MR) is 104 cm³/mol. The fraction of sp³-hybridized carbons (Fsp3) is 0.412. The number of aryl methyl sites for hydroxylation is 1. The Hall–Kier alpha value is -2.79. The molecule has 2 rings (SSSR count). The molecule has 0 aliphatic heterocycles. The second kappa shape index (κ2) is 8.48. The highest BCUT2D eigenvalue weighted by molar-refractivity contribution is 7.89. The molecule has 0 bridgehead atoms. The first-order valence-electron chi connectivity index (χ1n) is 8.70. The number of benzene rings is 1. The third-order valence-electron chi connectivity index (χ3n) is 4.28. The van der Waals surface area contributed by atoms with Gasteiger partial charge in [0.1, 0.15) is 17.9 Å². The van der Waals surface area contributed by atoms with Crippen molar-refractivity contribution in [2.75, 3.05) is 18.4 Å². The Bertz CT molecular complexity index is 995. The SMILES string of the molecule is CCN(CC)S(=O)(=O)c1cccc(NC(=O)Cn2nc(C)c([N+](=O)[O-])c2C)c1. The topological polar surface area (TPSA) is 127 Å². The molecule has 0 unspecified atom stereocenters. The Morgan fingerprint density at radius 3 is 2.46 bits per heavy atom. The van der Waals surface area contributed by atoms with E-state index in [1.165, 1.54) is 35.0 Å². The summed E-state index contributed by atoms with van der Waals surface area (Å²) >= 11 is 0. The van der Waals surface area contributed by atoms with Crippen LogP contribution in [0, 0.1) is 24.0 Å². The van der Waals surface area contributed by atoms with Gasteiger partial charge in [0.05, 0.1) is 9.82 Å². The van der Waals surface area contributed by atoms with Crippen LogP contribution in [0.4, 0.5) is 11.4 Å². The summed E-state index contributed by atoms with van der Waals surface area (Å²) in [4.78, 5) is 22.9. The van der Waals surface area contributed by atoms with Crippen molar-refractivity contribution in [2.45, 2.75) is 39.1 Å². The van der Waals surface area contributed by atoms with E-state index in [-0.39, 0.29) is 28.5 Å². The first kappa shape index (κ1) is 21.5. The molecule has 28 heavy (non-hydrogen) atoms. The molecule has 1 heterocycles. The molecule has 10 nitrogen and oxygen atoms in total. The number of rotatable bonds is 8. The normalized spacial score (nSPS) is 11.6. The largest absolute Gasteiger partial charge is 0.324 e. The summed E-state index contributed by atoms with van der Waals surface area (Å²) in [5, 5.41) is 17.7. The van der Waals surface area contributed by atoms with Gasteiger partial charge in [0.15, 0.2) is 0 Å². The molecule has 0 saturated carbocycles.